The fourth-order valence-corrected chi connectivity index (χ4v) is 3.89. The van der Waals surface area contributed by atoms with Crippen LogP contribution in [0, 0.1) is 0 Å². The van der Waals surface area contributed by atoms with E-state index in [-0.39, 0.29) is 29.0 Å². The van der Waals surface area contributed by atoms with Crippen molar-refractivity contribution in [3.8, 4) is 0 Å². The molecule has 3 aliphatic rings. The number of hydrazine groups is 1. The summed E-state index contributed by atoms with van der Waals surface area (Å²) in [5.74, 6) is -3.32. The topological polar surface area (TPSA) is 99.8 Å². The number of ketones is 1. The van der Waals surface area contributed by atoms with Crippen molar-refractivity contribution in [1.29, 1.82) is 0 Å². The second kappa shape index (κ2) is 9.34. The molecule has 0 radical (unpaired) electrons. The van der Waals surface area contributed by atoms with Crippen LogP contribution in [0.15, 0.2) is 59.0 Å². The molecule has 1 amide bonds. The number of halogens is 3. The first-order chi connectivity index (χ1) is 16.2. The molecular weight excluding hydrogens is 453 g/mol. The lowest BCUT2D eigenvalue weighted by atomic mass is 9.97. The van der Waals surface area contributed by atoms with Crippen molar-refractivity contribution < 1.29 is 32.3 Å². The summed E-state index contributed by atoms with van der Waals surface area (Å²) in [6, 6.07) is 7.16. The number of anilines is 1. The zero-order valence-corrected chi connectivity index (χ0v) is 18.3. The molecule has 8 nitrogen and oxygen atoms in total. The van der Waals surface area contributed by atoms with Gasteiger partial charge in [0, 0.05) is 24.2 Å². The second-order valence-corrected chi connectivity index (χ2v) is 8.03. The molecule has 3 N–H and O–H groups in total. The van der Waals surface area contributed by atoms with Crippen LogP contribution in [0.4, 0.5) is 18.9 Å². The third-order valence-corrected chi connectivity index (χ3v) is 5.54. The van der Waals surface area contributed by atoms with Crippen LogP contribution in [0.1, 0.15) is 31.7 Å². The Hall–Kier alpha value is -3.60. The van der Waals surface area contributed by atoms with Crippen molar-refractivity contribution in [3.63, 3.8) is 0 Å². The largest absolute Gasteiger partial charge is 0.491 e. The number of hydrogen-bond donors (Lipinski definition) is 3. The van der Waals surface area contributed by atoms with Gasteiger partial charge in [-0.1, -0.05) is 31.6 Å². The summed E-state index contributed by atoms with van der Waals surface area (Å²) in [7, 11) is 0. The Morgan fingerprint density at radius 2 is 1.97 bits per heavy atom. The molecule has 1 saturated heterocycles. The van der Waals surface area contributed by atoms with Crippen molar-refractivity contribution in [2.45, 2.75) is 45.1 Å². The van der Waals surface area contributed by atoms with E-state index in [0.717, 1.165) is 30.0 Å². The molecule has 1 atom stereocenters. The quantitative estimate of drug-likeness (QED) is 0.392. The predicted molar refractivity (Wildman–Crippen MR) is 115 cm³/mol. The molecule has 1 aromatic carbocycles. The summed E-state index contributed by atoms with van der Waals surface area (Å²) in [5, 5.41) is 7.28. The number of carbonyl (C=O) groups excluding carboxylic acids is 3. The van der Waals surface area contributed by atoms with E-state index in [4.69, 9.17) is 4.74 Å². The lowest BCUT2D eigenvalue weighted by molar-refractivity contribution is -0.209. The summed E-state index contributed by atoms with van der Waals surface area (Å²) in [6.45, 7) is 3.67. The minimum atomic E-state index is -5.22. The van der Waals surface area contributed by atoms with Crippen molar-refractivity contribution >= 4 is 23.3 Å². The van der Waals surface area contributed by atoms with Crippen LogP contribution in [-0.4, -0.2) is 41.6 Å². The Morgan fingerprint density at radius 1 is 1.24 bits per heavy atom. The van der Waals surface area contributed by atoms with Gasteiger partial charge in [-0.05, 0) is 36.7 Å². The van der Waals surface area contributed by atoms with Gasteiger partial charge >= 0.3 is 12.1 Å². The van der Waals surface area contributed by atoms with Gasteiger partial charge in [-0.3, -0.25) is 15.0 Å². The molecule has 0 saturated carbocycles. The number of nitrogens with one attached hydrogen (secondary N) is 3. The monoisotopic (exact) mass is 476 g/mol. The van der Waals surface area contributed by atoms with Gasteiger partial charge in [0.1, 0.15) is 5.70 Å². The van der Waals surface area contributed by atoms with Gasteiger partial charge < -0.3 is 15.4 Å². The Balaban J connectivity index is 1.63. The molecule has 2 bridgehead atoms. The van der Waals surface area contributed by atoms with Crippen LogP contribution in [0.25, 0.3) is 0 Å². The van der Waals surface area contributed by atoms with E-state index in [2.05, 4.69) is 23.0 Å². The Kier molecular flexibility index (Phi) is 6.47. The Bertz CT molecular complexity index is 1110. The second-order valence-electron chi connectivity index (χ2n) is 8.03. The highest BCUT2D eigenvalue weighted by Gasteiger charge is 2.51. The van der Waals surface area contributed by atoms with E-state index in [0.29, 0.717) is 17.9 Å². The number of unbranched alkanes of at least 4 members (excludes halogenated alkanes) is 1. The number of fused-ring (bicyclic) bond motifs is 5. The molecule has 11 heteroatoms. The maximum atomic E-state index is 12.9. The summed E-state index contributed by atoms with van der Waals surface area (Å²) < 4.78 is 43.4. The minimum Gasteiger partial charge on any atom is -0.429 e. The summed E-state index contributed by atoms with van der Waals surface area (Å²) in [5.41, 5.74) is 4.39. The van der Waals surface area contributed by atoms with Crippen molar-refractivity contribution in [1.82, 2.24) is 15.8 Å². The number of hydrogen-bond acceptors (Lipinski definition) is 7. The maximum absolute atomic E-state index is 12.9. The molecule has 1 aromatic rings. The van der Waals surface area contributed by atoms with Crippen LogP contribution in [-0.2, 0) is 25.7 Å². The van der Waals surface area contributed by atoms with E-state index in [1.807, 2.05) is 12.1 Å². The van der Waals surface area contributed by atoms with Gasteiger partial charge in [-0.25, -0.2) is 9.80 Å². The zero-order valence-electron chi connectivity index (χ0n) is 18.3. The zero-order chi connectivity index (χ0) is 24.5. The highest BCUT2D eigenvalue weighted by atomic mass is 19.4. The first-order valence-corrected chi connectivity index (χ1v) is 10.8. The third kappa shape index (κ3) is 4.69. The highest BCUT2D eigenvalue weighted by Crippen LogP contribution is 2.43. The van der Waals surface area contributed by atoms with Gasteiger partial charge in [-0.2, -0.15) is 13.2 Å². The SMILES string of the molecule is CCCCNCc1ccc(NC2=C3C4=CC(=O)CC=C4N(NC2=O)C3OC(=O)C(F)(F)F)cc1. The van der Waals surface area contributed by atoms with Crippen molar-refractivity contribution in [3.05, 3.63) is 64.5 Å². The van der Waals surface area contributed by atoms with Crippen LogP contribution in [0.5, 0.6) is 0 Å². The van der Waals surface area contributed by atoms with Gasteiger partial charge in [-0.15, -0.1) is 0 Å². The average Bonchev–Trinajstić information content (AvgIpc) is 3.00. The molecule has 1 unspecified atom stereocenters. The number of allylic oxidation sites excluding steroid dienone is 3. The lowest BCUT2D eigenvalue weighted by Crippen LogP contribution is -2.52. The fourth-order valence-electron chi connectivity index (χ4n) is 3.89. The summed E-state index contributed by atoms with van der Waals surface area (Å²) >= 11 is 0. The van der Waals surface area contributed by atoms with Gasteiger partial charge in [0.15, 0.2) is 5.78 Å². The van der Waals surface area contributed by atoms with E-state index < -0.39 is 24.3 Å². The van der Waals surface area contributed by atoms with E-state index in [1.54, 1.807) is 12.1 Å². The molecule has 2 heterocycles. The normalized spacial score (nSPS) is 19.4. The molecular formula is C23H23F3N4O4. The Morgan fingerprint density at radius 3 is 2.65 bits per heavy atom. The van der Waals surface area contributed by atoms with Crippen molar-refractivity contribution in [2.24, 2.45) is 0 Å². The van der Waals surface area contributed by atoms with Crippen LogP contribution in [0.2, 0.25) is 0 Å². The number of amides is 1. The first kappa shape index (κ1) is 23.6. The third-order valence-electron chi connectivity index (χ3n) is 5.54. The number of alkyl halides is 3. The molecule has 0 spiro atoms. The molecule has 1 aliphatic carbocycles. The maximum Gasteiger partial charge on any atom is 0.491 e. The summed E-state index contributed by atoms with van der Waals surface area (Å²) in [4.78, 5) is 36.4. The van der Waals surface area contributed by atoms with Crippen LogP contribution < -0.4 is 16.1 Å². The predicted octanol–water partition coefficient (Wildman–Crippen LogP) is 2.82. The van der Waals surface area contributed by atoms with E-state index in [9.17, 15) is 27.6 Å². The van der Waals surface area contributed by atoms with E-state index >= 15 is 0 Å². The number of esters is 1. The standard InChI is InChI=1S/C23H23F3N4O4/c1-2-3-10-27-12-13-4-6-14(7-5-13)28-19-18-16-11-15(31)8-9-17(16)30(29-20(19)32)21(18)34-22(33)23(24,25)26/h4-7,9,11,21,27-28H,2-3,8,10,12H2,1H3,(H,29,32). The average molecular weight is 476 g/mol. The number of benzene rings is 1. The number of carbonyl (C=O) groups is 3. The smallest absolute Gasteiger partial charge is 0.429 e. The minimum absolute atomic E-state index is 0.00837. The molecule has 4 rings (SSSR count). The Labute approximate surface area is 193 Å². The van der Waals surface area contributed by atoms with E-state index in [1.165, 1.54) is 12.2 Å². The number of rotatable bonds is 8. The van der Waals surface area contributed by atoms with Crippen molar-refractivity contribution in [2.75, 3.05) is 11.9 Å². The first-order valence-electron chi connectivity index (χ1n) is 10.8. The lowest BCUT2D eigenvalue weighted by Gasteiger charge is -2.32. The van der Waals surface area contributed by atoms with Gasteiger partial charge in [0.05, 0.1) is 11.3 Å². The highest BCUT2D eigenvalue weighted by molar-refractivity contribution is 6.03. The van der Waals surface area contributed by atoms with Crippen LogP contribution in [0.3, 0.4) is 0 Å². The van der Waals surface area contributed by atoms with Gasteiger partial charge in [0.2, 0.25) is 6.23 Å². The van der Waals surface area contributed by atoms with Gasteiger partial charge in [0.25, 0.3) is 5.91 Å². The number of ether oxygens (including phenoxy) is 1. The molecule has 1 fully saturated rings. The summed E-state index contributed by atoms with van der Waals surface area (Å²) in [6.07, 6.45) is -1.91. The molecule has 2 aliphatic heterocycles. The molecule has 34 heavy (non-hydrogen) atoms. The molecule has 180 valence electrons. The number of nitrogens with zero attached hydrogens (tertiary/aromatic N) is 1. The fraction of sp³-hybridized carbons (Fsp3) is 0.348. The van der Waals surface area contributed by atoms with Crippen LogP contribution >= 0.6 is 0 Å². The molecule has 0 aromatic heterocycles.